The first kappa shape index (κ1) is 21.5. The van der Waals surface area contributed by atoms with Crippen LogP contribution in [0.15, 0.2) is 24.3 Å². The summed E-state index contributed by atoms with van der Waals surface area (Å²) in [6, 6.07) is 8.47. The van der Waals surface area contributed by atoms with Gasteiger partial charge in [-0.1, -0.05) is 0 Å². The lowest BCUT2D eigenvalue weighted by molar-refractivity contribution is 0.0294. The van der Waals surface area contributed by atoms with Crippen molar-refractivity contribution < 1.29 is 14.3 Å². The number of piperidine rings is 3. The highest BCUT2D eigenvalue weighted by molar-refractivity contribution is 5.73. The van der Waals surface area contributed by atoms with Crippen molar-refractivity contribution in [1.82, 2.24) is 25.3 Å². The summed E-state index contributed by atoms with van der Waals surface area (Å²) in [6.45, 7) is 5.40. The monoisotopic (exact) mass is 427 g/mol. The fraction of sp³-hybridized carbons (Fsp3) is 0.565. The van der Waals surface area contributed by atoms with Crippen LogP contribution in [0.2, 0.25) is 0 Å². The molecule has 31 heavy (non-hydrogen) atoms. The quantitative estimate of drug-likeness (QED) is 0.710. The second kappa shape index (κ2) is 9.18. The van der Waals surface area contributed by atoms with Crippen LogP contribution < -0.4 is 20.1 Å². The summed E-state index contributed by atoms with van der Waals surface area (Å²) in [4.78, 5) is 14.3. The van der Waals surface area contributed by atoms with E-state index in [1.54, 1.807) is 14.2 Å². The number of benzene rings is 1. The maximum Gasteiger partial charge on any atom is 0.314 e. The van der Waals surface area contributed by atoms with Crippen LogP contribution in [0, 0.1) is 5.92 Å². The van der Waals surface area contributed by atoms with Gasteiger partial charge in [0, 0.05) is 49.9 Å². The number of hydrogen-bond acceptors (Lipinski definition) is 5. The lowest BCUT2D eigenvalue weighted by atomic mass is 9.74. The molecule has 4 atom stereocenters. The highest BCUT2D eigenvalue weighted by Crippen LogP contribution is 2.42. The molecular weight excluding hydrogens is 394 g/mol. The topological polar surface area (TPSA) is 80.7 Å². The molecule has 3 saturated heterocycles. The SMILES string of the molecule is CCNC(=O)NC[C@H]1C[C@@H]2CCN1C[C@@H]2c1cc(-c2ccc(OC)c(OC)c2)nn1C. The molecule has 2 amide bonds. The molecule has 3 fully saturated rings. The predicted molar refractivity (Wildman–Crippen MR) is 120 cm³/mol. The molecule has 1 unspecified atom stereocenters. The lowest BCUT2D eigenvalue weighted by Gasteiger charge is -2.49. The van der Waals surface area contributed by atoms with E-state index in [1.807, 2.05) is 36.9 Å². The van der Waals surface area contributed by atoms with Crippen molar-refractivity contribution >= 4 is 6.03 Å². The summed E-state index contributed by atoms with van der Waals surface area (Å²) in [5.74, 6) is 2.49. The molecule has 8 heteroatoms. The van der Waals surface area contributed by atoms with Gasteiger partial charge in [0.1, 0.15) is 0 Å². The normalized spacial score (nSPS) is 24.6. The largest absolute Gasteiger partial charge is 0.493 e. The Balaban J connectivity index is 1.48. The minimum atomic E-state index is -0.0760. The highest BCUT2D eigenvalue weighted by Gasteiger charge is 2.41. The van der Waals surface area contributed by atoms with E-state index >= 15 is 0 Å². The van der Waals surface area contributed by atoms with Gasteiger partial charge in [-0.25, -0.2) is 4.79 Å². The summed E-state index contributed by atoms with van der Waals surface area (Å²) >= 11 is 0. The van der Waals surface area contributed by atoms with E-state index in [0.717, 1.165) is 30.8 Å². The molecule has 0 spiro atoms. The first-order valence-corrected chi connectivity index (χ1v) is 11.1. The molecule has 1 aromatic heterocycles. The number of carbonyl (C=O) groups is 1. The number of aromatic nitrogens is 2. The molecule has 168 valence electrons. The van der Waals surface area contributed by atoms with Crippen molar-refractivity contribution in [3.05, 3.63) is 30.0 Å². The predicted octanol–water partition coefficient (Wildman–Crippen LogP) is 2.60. The summed E-state index contributed by atoms with van der Waals surface area (Å²) in [5, 5.41) is 10.6. The molecule has 1 aromatic carbocycles. The van der Waals surface area contributed by atoms with Crippen LogP contribution in [-0.2, 0) is 7.05 Å². The number of carbonyl (C=O) groups excluding carboxylic acids is 1. The van der Waals surface area contributed by atoms with Gasteiger partial charge in [-0.15, -0.1) is 0 Å². The van der Waals surface area contributed by atoms with Crippen molar-refractivity contribution in [2.45, 2.75) is 31.7 Å². The standard InChI is InChI=1S/C23H33N5O3/c1-5-24-23(29)25-13-17-10-15-8-9-28(17)14-18(15)20-12-19(26-27(20)2)16-6-7-21(30-3)22(11-16)31-4/h6-7,11-12,15,17-18H,5,8-10,13-14H2,1-4H3,(H2,24,25,29)/t15-,17+,18-/m0/s1. The number of amides is 2. The minimum Gasteiger partial charge on any atom is -0.493 e. The van der Waals surface area contributed by atoms with Gasteiger partial charge >= 0.3 is 6.03 Å². The number of methoxy groups -OCH3 is 2. The van der Waals surface area contributed by atoms with Crippen LogP contribution in [0.25, 0.3) is 11.3 Å². The third-order valence-corrected chi connectivity index (χ3v) is 6.69. The molecule has 0 radical (unpaired) electrons. The summed E-state index contributed by atoms with van der Waals surface area (Å²) in [5.41, 5.74) is 3.24. The molecule has 4 heterocycles. The third kappa shape index (κ3) is 4.35. The van der Waals surface area contributed by atoms with Gasteiger partial charge < -0.3 is 20.1 Å². The Kier molecular flexibility index (Phi) is 6.36. The van der Waals surface area contributed by atoms with Gasteiger partial charge in [-0.3, -0.25) is 9.58 Å². The molecule has 0 aliphatic carbocycles. The number of ether oxygens (including phenoxy) is 2. The smallest absolute Gasteiger partial charge is 0.314 e. The van der Waals surface area contributed by atoms with Crippen LogP contribution in [0.4, 0.5) is 4.79 Å². The Hall–Kier alpha value is -2.74. The van der Waals surface area contributed by atoms with Gasteiger partial charge in [0.2, 0.25) is 0 Å². The molecule has 8 nitrogen and oxygen atoms in total. The van der Waals surface area contributed by atoms with Crippen molar-refractivity contribution in [2.75, 3.05) is 40.4 Å². The van der Waals surface area contributed by atoms with Crippen molar-refractivity contribution in [3.8, 4) is 22.8 Å². The van der Waals surface area contributed by atoms with Gasteiger partial charge in [0.05, 0.1) is 19.9 Å². The Morgan fingerprint density at radius 1 is 1.19 bits per heavy atom. The van der Waals surface area contributed by atoms with E-state index in [4.69, 9.17) is 14.6 Å². The van der Waals surface area contributed by atoms with Crippen LogP contribution >= 0.6 is 0 Å². The molecular formula is C23H33N5O3. The van der Waals surface area contributed by atoms with Crippen molar-refractivity contribution in [2.24, 2.45) is 13.0 Å². The van der Waals surface area contributed by atoms with Crippen molar-refractivity contribution in [1.29, 1.82) is 0 Å². The molecule has 3 aliphatic rings. The number of nitrogens with zero attached hydrogens (tertiary/aromatic N) is 3. The van der Waals surface area contributed by atoms with Gasteiger partial charge in [0.15, 0.2) is 11.5 Å². The number of rotatable bonds is 7. The summed E-state index contributed by atoms with van der Waals surface area (Å²) in [6.07, 6.45) is 2.30. The Labute approximate surface area is 183 Å². The van der Waals surface area contributed by atoms with Gasteiger partial charge in [-0.2, -0.15) is 5.10 Å². The van der Waals surface area contributed by atoms with E-state index in [-0.39, 0.29) is 6.03 Å². The minimum absolute atomic E-state index is 0.0760. The Morgan fingerprint density at radius 2 is 2.00 bits per heavy atom. The maximum absolute atomic E-state index is 11.8. The molecule has 2 aromatic rings. The van der Waals surface area contributed by atoms with E-state index in [2.05, 4.69) is 21.6 Å². The molecule has 2 N–H and O–H groups in total. The first-order valence-electron chi connectivity index (χ1n) is 11.1. The van der Waals surface area contributed by atoms with Crippen LogP contribution in [0.1, 0.15) is 31.4 Å². The zero-order valence-corrected chi connectivity index (χ0v) is 18.9. The van der Waals surface area contributed by atoms with Gasteiger partial charge in [0.25, 0.3) is 0 Å². The molecule has 0 saturated carbocycles. The highest BCUT2D eigenvalue weighted by atomic mass is 16.5. The second-order valence-corrected chi connectivity index (χ2v) is 8.43. The van der Waals surface area contributed by atoms with E-state index in [1.165, 1.54) is 12.1 Å². The second-order valence-electron chi connectivity index (χ2n) is 8.43. The van der Waals surface area contributed by atoms with E-state index in [9.17, 15) is 4.79 Å². The van der Waals surface area contributed by atoms with E-state index in [0.29, 0.717) is 42.5 Å². The number of hydrogen-bond donors (Lipinski definition) is 2. The Morgan fingerprint density at radius 3 is 2.68 bits per heavy atom. The third-order valence-electron chi connectivity index (χ3n) is 6.69. The number of urea groups is 1. The van der Waals surface area contributed by atoms with E-state index < -0.39 is 0 Å². The van der Waals surface area contributed by atoms with Gasteiger partial charge in [-0.05, 0) is 56.5 Å². The average Bonchev–Trinajstić information content (AvgIpc) is 3.19. The molecule has 2 bridgehead atoms. The van der Waals surface area contributed by atoms with Crippen LogP contribution in [0.3, 0.4) is 0 Å². The van der Waals surface area contributed by atoms with Crippen LogP contribution in [0.5, 0.6) is 11.5 Å². The fourth-order valence-corrected chi connectivity index (χ4v) is 5.08. The number of fused-ring (bicyclic) bond motifs is 3. The fourth-order valence-electron chi connectivity index (χ4n) is 5.08. The van der Waals surface area contributed by atoms with Crippen LogP contribution in [-0.4, -0.2) is 67.2 Å². The first-order chi connectivity index (χ1) is 15.0. The zero-order chi connectivity index (χ0) is 22.0. The summed E-state index contributed by atoms with van der Waals surface area (Å²) < 4.78 is 12.8. The lowest BCUT2D eigenvalue weighted by Crippen LogP contribution is -2.56. The maximum atomic E-state index is 11.8. The molecule has 3 aliphatic heterocycles. The van der Waals surface area contributed by atoms with Crippen molar-refractivity contribution in [3.63, 3.8) is 0 Å². The summed E-state index contributed by atoms with van der Waals surface area (Å²) in [7, 11) is 5.32. The number of aryl methyl sites for hydroxylation is 1. The number of nitrogens with one attached hydrogen (secondary N) is 2. The average molecular weight is 428 g/mol. The Bertz CT molecular complexity index is 928. The molecule has 5 rings (SSSR count). The zero-order valence-electron chi connectivity index (χ0n) is 18.9.